The Labute approximate surface area is 71.2 Å². The smallest absolute Gasteiger partial charge is 0.151 e. The summed E-state index contributed by atoms with van der Waals surface area (Å²) in [7, 11) is 1.55. The van der Waals surface area contributed by atoms with Gasteiger partial charge < -0.3 is 4.74 Å². The molecule has 0 amide bonds. The predicted molar refractivity (Wildman–Crippen MR) is 46.3 cm³/mol. The number of benzene rings is 1. The molecule has 0 saturated carbocycles. The maximum Gasteiger partial charge on any atom is 0.151 e. The Morgan fingerprint density at radius 1 is 1.58 bits per heavy atom. The van der Waals surface area contributed by atoms with Crippen LogP contribution in [0.2, 0.25) is 0 Å². The lowest BCUT2D eigenvalue weighted by Gasteiger charge is -2.01. The molecule has 2 nitrogen and oxygen atoms in total. The second kappa shape index (κ2) is 3.59. The quantitative estimate of drug-likeness (QED) is 0.484. The van der Waals surface area contributed by atoms with Crippen LogP contribution in [0, 0.1) is 12.3 Å². The third kappa shape index (κ3) is 1.46. The van der Waals surface area contributed by atoms with Crippen LogP contribution in [-0.2, 0) is 0 Å². The molecular formula is C10H8O2. The number of carbonyl (C=O) groups excluding carboxylic acids is 1. The van der Waals surface area contributed by atoms with E-state index in [0.717, 1.165) is 6.29 Å². The van der Waals surface area contributed by atoms with Gasteiger partial charge in [0, 0.05) is 11.1 Å². The van der Waals surface area contributed by atoms with Crippen molar-refractivity contribution in [2.24, 2.45) is 0 Å². The molecule has 1 aromatic carbocycles. The zero-order valence-corrected chi connectivity index (χ0v) is 6.70. The summed E-state index contributed by atoms with van der Waals surface area (Å²) in [5.74, 6) is 3.07. The van der Waals surface area contributed by atoms with Crippen molar-refractivity contribution in [2.45, 2.75) is 0 Å². The minimum absolute atomic E-state index is 0.512. The van der Waals surface area contributed by atoms with Gasteiger partial charge in [0.1, 0.15) is 5.75 Å². The molecule has 0 fully saturated rings. The molecule has 0 N–H and O–H groups in total. The second-order valence-electron chi connectivity index (χ2n) is 2.22. The van der Waals surface area contributed by atoms with Crippen molar-refractivity contribution in [2.75, 3.05) is 7.11 Å². The highest BCUT2D eigenvalue weighted by molar-refractivity contribution is 5.79. The van der Waals surface area contributed by atoms with Crippen LogP contribution >= 0.6 is 0 Å². The van der Waals surface area contributed by atoms with Crippen LogP contribution < -0.4 is 4.74 Å². The Morgan fingerprint density at radius 3 is 2.83 bits per heavy atom. The molecule has 0 aliphatic carbocycles. The largest absolute Gasteiger partial charge is 0.497 e. The number of ether oxygens (including phenoxy) is 1. The average molecular weight is 160 g/mol. The van der Waals surface area contributed by atoms with Gasteiger partial charge >= 0.3 is 0 Å². The molecule has 0 saturated heterocycles. The van der Waals surface area contributed by atoms with Gasteiger partial charge in [-0.15, -0.1) is 6.42 Å². The molecule has 2 heteroatoms. The highest BCUT2D eigenvalue weighted by Gasteiger charge is 1.99. The molecule has 1 rings (SSSR count). The van der Waals surface area contributed by atoms with E-state index in [4.69, 9.17) is 11.2 Å². The fraction of sp³-hybridized carbons (Fsp3) is 0.100. The van der Waals surface area contributed by atoms with Crippen LogP contribution in [0.15, 0.2) is 18.2 Å². The predicted octanol–water partition coefficient (Wildman–Crippen LogP) is 1.49. The van der Waals surface area contributed by atoms with Crippen LogP contribution in [-0.4, -0.2) is 13.4 Å². The topological polar surface area (TPSA) is 26.3 Å². The molecule has 0 radical (unpaired) electrons. The first-order chi connectivity index (χ1) is 5.81. The standard InChI is InChI=1S/C10H8O2/c1-3-8-6-10(12-2)5-4-9(8)7-11/h1,4-7H,2H3. The molecule has 0 aliphatic heterocycles. The van der Waals surface area contributed by atoms with Gasteiger partial charge in [-0.25, -0.2) is 0 Å². The molecule has 1 aromatic rings. The van der Waals surface area contributed by atoms with Crippen molar-refractivity contribution in [3.05, 3.63) is 29.3 Å². The molecule has 12 heavy (non-hydrogen) atoms. The highest BCUT2D eigenvalue weighted by Crippen LogP contribution is 2.15. The monoisotopic (exact) mass is 160 g/mol. The third-order valence-electron chi connectivity index (χ3n) is 1.54. The molecule has 0 atom stereocenters. The van der Waals surface area contributed by atoms with E-state index in [9.17, 15) is 4.79 Å². The first kappa shape index (κ1) is 8.35. The normalized spacial score (nSPS) is 8.67. The van der Waals surface area contributed by atoms with E-state index in [1.54, 1.807) is 25.3 Å². The van der Waals surface area contributed by atoms with Gasteiger partial charge in [-0.1, -0.05) is 5.92 Å². The average Bonchev–Trinajstić information content (AvgIpc) is 2.16. The zero-order chi connectivity index (χ0) is 8.97. The minimum atomic E-state index is 0.512. The maximum atomic E-state index is 10.4. The van der Waals surface area contributed by atoms with E-state index in [-0.39, 0.29) is 0 Å². The van der Waals surface area contributed by atoms with E-state index in [1.807, 2.05) is 0 Å². The van der Waals surface area contributed by atoms with Crippen LogP contribution in [0.3, 0.4) is 0 Å². The summed E-state index contributed by atoms with van der Waals surface area (Å²) in [6.07, 6.45) is 5.92. The lowest BCUT2D eigenvalue weighted by Crippen LogP contribution is -1.89. The summed E-state index contributed by atoms with van der Waals surface area (Å²) in [5.41, 5.74) is 1.07. The van der Waals surface area contributed by atoms with E-state index >= 15 is 0 Å². The Balaban J connectivity index is 3.22. The molecule has 0 heterocycles. The number of terminal acetylenes is 1. The summed E-state index contributed by atoms with van der Waals surface area (Å²) in [4.78, 5) is 10.4. The lowest BCUT2D eigenvalue weighted by atomic mass is 10.1. The van der Waals surface area contributed by atoms with Gasteiger partial charge in [0.2, 0.25) is 0 Å². The third-order valence-corrected chi connectivity index (χ3v) is 1.54. The summed E-state index contributed by atoms with van der Waals surface area (Å²) >= 11 is 0. The summed E-state index contributed by atoms with van der Waals surface area (Å²) < 4.78 is 4.94. The zero-order valence-electron chi connectivity index (χ0n) is 6.70. The number of hydrogen-bond donors (Lipinski definition) is 0. The Hall–Kier alpha value is -1.75. The van der Waals surface area contributed by atoms with Crippen molar-refractivity contribution >= 4 is 6.29 Å². The van der Waals surface area contributed by atoms with Crippen molar-refractivity contribution in [3.8, 4) is 18.1 Å². The lowest BCUT2D eigenvalue weighted by molar-refractivity contribution is 0.112. The molecule has 0 bridgehead atoms. The molecule has 0 aliphatic rings. The Morgan fingerprint density at radius 2 is 2.33 bits per heavy atom. The fourth-order valence-corrected chi connectivity index (χ4v) is 0.890. The number of hydrogen-bond acceptors (Lipinski definition) is 2. The van der Waals surface area contributed by atoms with Gasteiger partial charge in [-0.05, 0) is 18.2 Å². The molecular weight excluding hydrogens is 152 g/mol. The van der Waals surface area contributed by atoms with E-state index in [0.29, 0.717) is 16.9 Å². The van der Waals surface area contributed by atoms with Crippen molar-refractivity contribution in [3.63, 3.8) is 0 Å². The van der Waals surface area contributed by atoms with Gasteiger partial charge in [-0.3, -0.25) is 4.79 Å². The fourth-order valence-electron chi connectivity index (χ4n) is 0.890. The maximum absolute atomic E-state index is 10.4. The highest BCUT2D eigenvalue weighted by atomic mass is 16.5. The van der Waals surface area contributed by atoms with Crippen LogP contribution in [0.5, 0.6) is 5.75 Å². The van der Waals surface area contributed by atoms with E-state index in [1.165, 1.54) is 0 Å². The van der Waals surface area contributed by atoms with Crippen molar-refractivity contribution in [1.29, 1.82) is 0 Å². The van der Waals surface area contributed by atoms with Crippen molar-refractivity contribution in [1.82, 2.24) is 0 Å². The SMILES string of the molecule is C#Cc1cc(OC)ccc1C=O. The Kier molecular flexibility index (Phi) is 2.49. The second-order valence-corrected chi connectivity index (χ2v) is 2.22. The van der Waals surface area contributed by atoms with Crippen LogP contribution in [0.25, 0.3) is 0 Å². The Bertz CT molecular complexity index is 334. The first-order valence-electron chi connectivity index (χ1n) is 3.41. The summed E-state index contributed by atoms with van der Waals surface area (Å²) in [6, 6.07) is 5.00. The first-order valence-corrected chi connectivity index (χ1v) is 3.41. The molecule has 0 aromatic heterocycles. The minimum Gasteiger partial charge on any atom is -0.497 e. The van der Waals surface area contributed by atoms with Gasteiger partial charge in [0.15, 0.2) is 6.29 Å². The number of methoxy groups -OCH3 is 1. The van der Waals surface area contributed by atoms with Crippen molar-refractivity contribution < 1.29 is 9.53 Å². The van der Waals surface area contributed by atoms with Crippen LogP contribution in [0.4, 0.5) is 0 Å². The molecule has 0 spiro atoms. The van der Waals surface area contributed by atoms with Gasteiger partial charge in [-0.2, -0.15) is 0 Å². The summed E-state index contributed by atoms with van der Waals surface area (Å²) in [6.45, 7) is 0. The number of rotatable bonds is 2. The van der Waals surface area contributed by atoms with Gasteiger partial charge in [0.25, 0.3) is 0 Å². The summed E-state index contributed by atoms with van der Waals surface area (Å²) in [5, 5.41) is 0. The molecule has 60 valence electrons. The van der Waals surface area contributed by atoms with E-state index < -0.39 is 0 Å². The number of carbonyl (C=O) groups is 1. The van der Waals surface area contributed by atoms with E-state index in [2.05, 4.69) is 5.92 Å². The number of aldehydes is 1. The van der Waals surface area contributed by atoms with Crippen LogP contribution in [0.1, 0.15) is 15.9 Å². The molecule has 0 unspecified atom stereocenters. The van der Waals surface area contributed by atoms with Gasteiger partial charge in [0.05, 0.1) is 7.11 Å².